The largest absolute Gasteiger partial charge is 0.497 e. The summed E-state index contributed by atoms with van der Waals surface area (Å²) in [5.74, 6) is -9.41. The van der Waals surface area contributed by atoms with Crippen molar-refractivity contribution in [3.05, 3.63) is 70.1 Å². The van der Waals surface area contributed by atoms with E-state index in [1.54, 1.807) is 0 Å². The third-order valence-electron chi connectivity index (χ3n) is 5.54. The van der Waals surface area contributed by atoms with Gasteiger partial charge < -0.3 is 23.7 Å². The summed E-state index contributed by atoms with van der Waals surface area (Å²) in [5.41, 5.74) is -1.23. The molecule has 174 valence electrons. The summed E-state index contributed by atoms with van der Waals surface area (Å²) in [6, 6.07) is 11.5. The van der Waals surface area contributed by atoms with E-state index in [0.717, 1.165) is 0 Å². The van der Waals surface area contributed by atoms with Crippen molar-refractivity contribution >= 4 is 16.9 Å². The van der Waals surface area contributed by atoms with Crippen LogP contribution in [0.3, 0.4) is 0 Å². The molecule has 7 nitrogen and oxygen atoms in total. The summed E-state index contributed by atoms with van der Waals surface area (Å²) < 4.78 is 63.2. The number of aliphatic hydroxyl groups is 1. The van der Waals surface area contributed by atoms with Crippen LogP contribution in [0.4, 0.5) is 13.2 Å². The summed E-state index contributed by atoms with van der Waals surface area (Å²) in [4.78, 5) is 25.8. The number of methoxy groups -OCH3 is 1. The molecule has 1 aliphatic rings. The summed E-state index contributed by atoms with van der Waals surface area (Å²) in [5, 5.41) is 10.9. The lowest BCUT2D eigenvalue weighted by Crippen LogP contribution is -2.62. The number of halogens is 3. The van der Waals surface area contributed by atoms with Crippen molar-refractivity contribution < 1.29 is 41.7 Å². The standard InChI is InChI=1S/C23H19F3O7/c1-3-31-21(28)18-16(12-8-10-13(30-2)11-9-12)17-19(33-22(18,29)23(24,25)26)14-6-4-5-7-15(14)32-20(17)27/h4-11,16,18,29H,3H2,1-2H3. The highest BCUT2D eigenvalue weighted by atomic mass is 19.4. The van der Waals surface area contributed by atoms with Crippen molar-refractivity contribution in [2.24, 2.45) is 5.92 Å². The topological polar surface area (TPSA) is 95.2 Å². The minimum atomic E-state index is -5.41. The Morgan fingerprint density at radius 2 is 1.82 bits per heavy atom. The molecular formula is C23H19F3O7. The molecule has 0 fully saturated rings. The maximum absolute atomic E-state index is 14.3. The van der Waals surface area contributed by atoms with Gasteiger partial charge in [0, 0.05) is 5.92 Å². The van der Waals surface area contributed by atoms with E-state index in [4.69, 9.17) is 18.6 Å². The third-order valence-corrected chi connectivity index (χ3v) is 5.54. The van der Waals surface area contributed by atoms with Gasteiger partial charge in [0.25, 0.3) is 0 Å². The normalized spacial score (nSPS) is 22.4. The number of alkyl halides is 3. The van der Waals surface area contributed by atoms with Crippen LogP contribution in [0.25, 0.3) is 11.0 Å². The molecule has 0 radical (unpaired) electrons. The quantitative estimate of drug-likeness (QED) is 0.464. The highest BCUT2D eigenvalue weighted by Crippen LogP contribution is 2.53. The number of benzene rings is 2. The van der Waals surface area contributed by atoms with E-state index < -0.39 is 41.1 Å². The lowest BCUT2D eigenvalue weighted by Gasteiger charge is -2.43. The third kappa shape index (κ3) is 3.60. The van der Waals surface area contributed by atoms with Crippen LogP contribution in [0.2, 0.25) is 0 Å². The minimum absolute atomic E-state index is 0.0335. The molecule has 1 aromatic heterocycles. The highest BCUT2D eigenvalue weighted by molar-refractivity contribution is 5.87. The lowest BCUT2D eigenvalue weighted by molar-refractivity contribution is -0.358. The molecule has 2 aromatic carbocycles. The number of carbonyl (C=O) groups excluding carboxylic acids is 1. The first-order valence-corrected chi connectivity index (χ1v) is 9.96. The Hall–Kier alpha value is -3.53. The molecule has 0 bridgehead atoms. The van der Waals surface area contributed by atoms with Crippen molar-refractivity contribution in [3.63, 3.8) is 0 Å². The minimum Gasteiger partial charge on any atom is -0.497 e. The molecular weight excluding hydrogens is 445 g/mol. The van der Waals surface area contributed by atoms with Gasteiger partial charge in [0.05, 0.1) is 24.7 Å². The SMILES string of the molecule is CCOC(=O)C1C(c2ccc(OC)cc2)c2c(c3ccccc3oc2=O)OC1(O)C(F)(F)F. The average molecular weight is 464 g/mol. The van der Waals surface area contributed by atoms with Gasteiger partial charge in [-0.25, -0.2) is 4.79 Å². The van der Waals surface area contributed by atoms with Crippen molar-refractivity contribution in [2.75, 3.05) is 13.7 Å². The van der Waals surface area contributed by atoms with Crippen LogP contribution in [0.1, 0.15) is 24.0 Å². The number of hydrogen-bond donors (Lipinski definition) is 1. The number of ether oxygens (including phenoxy) is 3. The molecule has 3 atom stereocenters. The number of rotatable bonds is 4. The molecule has 0 aliphatic carbocycles. The van der Waals surface area contributed by atoms with Crippen LogP contribution in [0.15, 0.2) is 57.7 Å². The second kappa shape index (κ2) is 8.11. The van der Waals surface area contributed by atoms with Gasteiger partial charge in [-0.2, -0.15) is 13.2 Å². The van der Waals surface area contributed by atoms with Crippen LogP contribution in [0, 0.1) is 5.92 Å². The number of fused-ring (bicyclic) bond motifs is 3. The van der Waals surface area contributed by atoms with E-state index in [1.807, 2.05) is 0 Å². The van der Waals surface area contributed by atoms with Crippen molar-refractivity contribution in [1.82, 2.24) is 0 Å². The molecule has 2 heterocycles. The van der Waals surface area contributed by atoms with E-state index in [-0.39, 0.29) is 28.7 Å². The number of esters is 1. The fourth-order valence-corrected chi connectivity index (χ4v) is 4.06. The molecule has 3 unspecified atom stereocenters. The lowest BCUT2D eigenvalue weighted by atomic mass is 9.74. The maximum Gasteiger partial charge on any atom is 0.456 e. The average Bonchev–Trinajstić information content (AvgIpc) is 2.77. The van der Waals surface area contributed by atoms with Gasteiger partial charge in [0.2, 0.25) is 0 Å². The molecule has 0 spiro atoms. The van der Waals surface area contributed by atoms with Crippen LogP contribution in [0.5, 0.6) is 11.5 Å². The first-order valence-electron chi connectivity index (χ1n) is 9.96. The van der Waals surface area contributed by atoms with E-state index in [1.165, 1.54) is 62.6 Å². The second-order valence-corrected chi connectivity index (χ2v) is 7.41. The molecule has 33 heavy (non-hydrogen) atoms. The molecule has 10 heteroatoms. The number of carbonyl (C=O) groups is 1. The van der Waals surface area contributed by atoms with E-state index in [0.29, 0.717) is 5.75 Å². The first kappa shape index (κ1) is 22.7. The second-order valence-electron chi connectivity index (χ2n) is 7.41. The van der Waals surface area contributed by atoms with Gasteiger partial charge in [-0.1, -0.05) is 24.3 Å². The van der Waals surface area contributed by atoms with E-state index in [9.17, 15) is 27.9 Å². The zero-order chi connectivity index (χ0) is 24.0. The predicted octanol–water partition coefficient (Wildman–Crippen LogP) is 3.76. The highest BCUT2D eigenvalue weighted by Gasteiger charge is 2.69. The number of para-hydroxylation sites is 1. The molecule has 0 saturated carbocycles. The maximum atomic E-state index is 14.3. The van der Waals surface area contributed by atoms with Crippen LogP contribution in [-0.2, 0) is 9.53 Å². The molecule has 1 N–H and O–H groups in total. The molecule has 1 aliphatic heterocycles. The van der Waals surface area contributed by atoms with E-state index >= 15 is 0 Å². The monoisotopic (exact) mass is 464 g/mol. The Morgan fingerprint density at radius 1 is 1.15 bits per heavy atom. The molecule has 4 rings (SSSR count). The van der Waals surface area contributed by atoms with Gasteiger partial charge in [-0.3, -0.25) is 4.79 Å². The van der Waals surface area contributed by atoms with Crippen LogP contribution < -0.4 is 15.1 Å². The molecule has 0 saturated heterocycles. The zero-order valence-corrected chi connectivity index (χ0v) is 17.5. The van der Waals surface area contributed by atoms with Crippen molar-refractivity contribution in [3.8, 4) is 11.5 Å². The van der Waals surface area contributed by atoms with E-state index in [2.05, 4.69) is 0 Å². The number of hydrogen-bond acceptors (Lipinski definition) is 7. The van der Waals surface area contributed by atoms with Gasteiger partial charge in [-0.05, 0) is 36.8 Å². The summed E-state index contributed by atoms with van der Waals surface area (Å²) >= 11 is 0. The molecule has 0 amide bonds. The van der Waals surface area contributed by atoms with Crippen LogP contribution in [-0.4, -0.2) is 36.8 Å². The summed E-state index contributed by atoms with van der Waals surface area (Å²) in [6.07, 6.45) is -5.41. The summed E-state index contributed by atoms with van der Waals surface area (Å²) in [7, 11) is 1.41. The van der Waals surface area contributed by atoms with Gasteiger partial charge in [0.1, 0.15) is 23.0 Å². The Kier molecular flexibility index (Phi) is 5.57. The van der Waals surface area contributed by atoms with Gasteiger partial charge in [-0.15, -0.1) is 0 Å². The fraction of sp³-hybridized carbons (Fsp3) is 0.304. The Bertz CT molecular complexity index is 1250. The Morgan fingerprint density at radius 3 is 2.42 bits per heavy atom. The van der Waals surface area contributed by atoms with Gasteiger partial charge in [0.15, 0.2) is 0 Å². The van der Waals surface area contributed by atoms with Crippen molar-refractivity contribution in [1.29, 1.82) is 0 Å². The predicted molar refractivity (Wildman–Crippen MR) is 109 cm³/mol. The molecule has 3 aromatic rings. The smallest absolute Gasteiger partial charge is 0.456 e. The zero-order valence-electron chi connectivity index (χ0n) is 17.5. The van der Waals surface area contributed by atoms with Gasteiger partial charge >= 0.3 is 23.6 Å². The first-order chi connectivity index (χ1) is 15.6. The Balaban J connectivity index is 2.09. The van der Waals surface area contributed by atoms with Crippen molar-refractivity contribution in [2.45, 2.75) is 24.8 Å². The fourth-order valence-electron chi connectivity index (χ4n) is 4.06. The Labute approximate surface area is 185 Å². The van der Waals surface area contributed by atoms with Crippen LogP contribution >= 0.6 is 0 Å². The summed E-state index contributed by atoms with van der Waals surface area (Å²) in [6.45, 7) is 1.16.